The summed E-state index contributed by atoms with van der Waals surface area (Å²) < 4.78 is 0. The molecule has 1 rings (SSSR count). The van der Waals surface area contributed by atoms with Crippen LogP contribution in [0.2, 0.25) is 0 Å². The minimum atomic E-state index is -0.792. The molecule has 1 aliphatic carbocycles. The molecule has 1 aliphatic rings. The molecule has 0 saturated heterocycles. The van der Waals surface area contributed by atoms with Crippen molar-refractivity contribution in [2.45, 2.75) is 70.5 Å². The van der Waals surface area contributed by atoms with Crippen LogP contribution in [-0.2, 0) is 4.79 Å². The highest BCUT2D eigenvalue weighted by Gasteiger charge is 2.38. The van der Waals surface area contributed by atoms with Gasteiger partial charge in [-0.3, -0.25) is 10.1 Å². The Balaban J connectivity index is 2.54. The first-order valence-corrected chi connectivity index (χ1v) is 6.93. The molecular formula is C14H28N2O2. The Hall–Kier alpha value is -0.610. The van der Waals surface area contributed by atoms with Gasteiger partial charge in [0, 0.05) is 18.1 Å². The van der Waals surface area contributed by atoms with E-state index in [0.29, 0.717) is 12.5 Å². The van der Waals surface area contributed by atoms with E-state index in [1.165, 1.54) is 0 Å². The van der Waals surface area contributed by atoms with Gasteiger partial charge in [0.25, 0.3) is 0 Å². The molecule has 1 saturated carbocycles. The third kappa shape index (κ3) is 3.95. The fourth-order valence-electron chi connectivity index (χ4n) is 1.88. The van der Waals surface area contributed by atoms with Crippen molar-refractivity contribution in [3.63, 3.8) is 0 Å². The second-order valence-corrected chi connectivity index (χ2v) is 6.39. The van der Waals surface area contributed by atoms with Gasteiger partial charge < -0.3 is 10.0 Å². The Kier molecular flexibility index (Phi) is 4.78. The molecule has 18 heavy (non-hydrogen) atoms. The average molecular weight is 256 g/mol. The SMILES string of the molecule is CCC(C)(C)N(C)CCC(C)(NC1CC1)C(=O)O. The van der Waals surface area contributed by atoms with Crippen LogP contribution in [0.5, 0.6) is 0 Å². The van der Waals surface area contributed by atoms with Crippen LogP contribution in [-0.4, -0.2) is 46.7 Å². The standard InChI is InChI=1S/C14H28N2O2/c1-6-13(2,3)16(5)10-9-14(4,12(17)18)15-11-7-8-11/h11,15H,6-10H2,1-5H3,(H,17,18). The maximum absolute atomic E-state index is 11.4. The fraction of sp³-hybridized carbons (Fsp3) is 0.929. The molecule has 0 aliphatic heterocycles. The van der Waals surface area contributed by atoms with Crippen molar-refractivity contribution in [1.82, 2.24) is 10.2 Å². The van der Waals surface area contributed by atoms with Gasteiger partial charge in [0.1, 0.15) is 5.54 Å². The Morgan fingerprint density at radius 2 is 1.94 bits per heavy atom. The number of carbonyl (C=O) groups is 1. The summed E-state index contributed by atoms with van der Waals surface area (Å²) in [6, 6.07) is 0.413. The first-order valence-electron chi connectivity index (χ1n) is 6.93. The Morgan fingerprint density at radius 1 is 1.39 bits per heavy atom. The van der Waals surface area contributed by atoms with Crippen molar-refractivity contribution in [2.75, 3.05) is 13.6 Å². The van der Waals surface area contributed by atoms with Crippen LogP contribution in [0.3, 0.4) is 0 Å². The molecule has 1 unspecified atom stereocenters. The van der Waals surface area contributed by atoms with Gasteiger partial charge in [-0.2, -0.15) is 0 Å². The topological polar surface area (TPSA) is 52.6 Å². The van der Waals surface area contributed by atoms with Gasteiger partial charge in [-0.05, 0) is 53.5 Å². The van der Waals surface area contributed by atoms with Crippen LogP contribution in [0, 0.1) is 0 Å². The van der Waals surface area contributed by atoms with E-state index in [9.17, 15) is 9.90 Å². The number of nitrogens with one attached hydrogen (secondary N) is 1. The molecular weight excluding hydrogens is 228 g/mol. The molecule has 4 heteroatoms. The largest absolute Gasteiger partial charge is 0.480 e. The summed E-state index contributed by atoms with van der Waals surface area (Å²) >= 11 is 0. The van der Waals surface area contributed by atoms with Gasteiger partial charge in [0.05, 0.1) is 0 Å². The number of carboxylic acids is 1. The zero-order chi connectivity index (χ0) is 14.0. The number of aliphatic carboxylic acids is 1. The lowest BCUT2D eigenvalue weighted by atomic mass is 9.94. The minimum Gasteiger partial charge on any atom is -0.480 e. The summed E-state index contributed by atoms with van der Waals surface area (Å²) in [5.41, 5.74) is -0.668. The molecule has 0 aromatic carbocycles. The smallest absolute Gasteiger partial charge is 0.323 e. The third-order valence-electron chi connectivity index (χ3n) is 4.42. The van der Waals surface area contributed by atoms with Crippen molar-refractivity contribution in [1.29, 1.82) is 0 Å². The lowest BCUT2D eigenvalue weighted by Crippen LogP contribution is -2.53. The number of nitrogens with zero attached hydrogens (tertiary/aromatic N) is 1. The molecule has 0 heterocycles. The summed E-state index contributed by atoms with van der Waals surface area (Å²) in [6.45, 7) is 9.15. The molecule has 2 N–H and O–H groups in total. The summed E-state index contributed by atoms with van der Waals surface area (Å²) in [5, 5.41) is 12.7. The number of hydrogen-bond donors (Lipinski definition) is 2. The van der Waals surface area contributed by atoms with Crippen LogP contribution < -0.4 is 5.32 Å². The van der Waals surface area contributed by atoms with Crippen molar-refractivity contribution in [3.8, 4) is 0 Å². The van der Waals surface area contributed by atoms with E-state index in [2.05, 4.69) is 38.0 Å². The Morgan fingerprint density at radius 3 is 2.33 bits per heavy atom. The molecule has 0 amide bonds. The summed E-state index contributed by atoms with van der Waals surface area (Å²) in [7, 11) is 2.07. The van der Waals surface area contributed by atoms with E-state index in [4.69, 9.17) is 0 Å². The number of hydrogen-bond acceptors (Lipinski definition) is 3. The van der Waals surface area contributed by atoms with Crippen LogP contribution in [0.1, 0.15) is 53.4 Å². The summed E-state index contributed by atoms with van der Waals surface area (Å²) in [4.78, 5) is 13.7. The van der Waals surface area contributed by atoms with E-state index in [1.807, 2.05) is 0 Å². The van der Waals surface area contributed by atoms with E-state index in [-0.39, 0.29) is 5.54 Å². The fourth-order valence-corrected chi connectivity index (χ4v) is 1.88. The molecule has 106 valence electrons. The maximum atomic E-state index is 11.4. The molecule has 0 radical (unpaired) electrons. The van der Waals surface area contributed by atoms with Gasteiger partial charge in [0.15, 0.2) is 0 Å². The molecule has 0 spiro atoms. The summed E-state index contributed by atoms with van der Waals surface area (Å²) in [6.07, 6.45) is 3.92. The van der Waals surface area contributed by atoms with Crippen molar-refractivity contribution < 1.29 is 9.90 Å². The first kappa shape index (κ1) is 15.4. The van der Waals surface area contributed by atoms with Gasteiger partial charge >= 0.3 is 5.97 Å². The molecule has 0 aromatic rings. The van der Waals surface area contributed by atoms with Crippen molar-refractivity contribution in [2.24, 2.45) is 0 Å². The number of rotatable bonds is 8. The van der Waals surface area contributed by atoms with Crippen LogP contribution in [0.25, 0.3) is 0 Å². The monoisotopic (exact) mass is 256 g/mol. The van der Waals surface area contributed by atoms with Crippen LogP contribution in [0.15, 0.2) is 0 Å². The third-order valence-corrected chi connectivity index (χ3v) is 4.42. The van der Waals surface area contributed by atoms with Gasteiger partial charge in [-0.25, -0.2) is 0 Å². The lowest BCUT2D eigenvalue weighted by molar-refractivity contribution is -0.144. The zero-order valence-electron chi connectivity index (χ0n) is 12.4. The second kappa shape index (κ2) is 5.57. The van der Waals surface area contributed by atoms with Crippen molar-refractivity contribution in [3.05, 3.63) is 0 Å². The highest BCUT2D eigenvalue weighted by atomic mass is 16.4. The van der Waals surface area contributed by atoms with E-state index < -0.39 is 11.5 Å². The normalized spacial score (nSPS) is 19.9. The van der Waals surface area contributed by atoms with Crippen LogP contribution >= 0.6 is 0 Å². The number of carboxylic acid groups (broad SMARTS) is 1. The highest BCUT2D eigenvalue weighted by Crippen LogP contribution is 2.25. The first-order chi connectivity index (χ1) is 8.21. The Bertz CT molecular complexity index is 300. The average Bonchev–Trinajstić information content (AvgIpc) is 3.09. The molecule has 0 bridgehead atoms. The maximum Gasteiger partial charge on any atom is 0.323 e. The van der Waals surface area contributed by atoms with Crippen molar-refractivity contribution >= 4 is 5.97 Å². The van der Waals surface area contributed by atoms with Gasteiger partial charge in [-0.1, -0.05) is 6.92 Å². The predicted octanol–water partition coefficient (Wildman–Crippen LogP) is 2.09. The minimum absolute atomic E-state index is 0.124. The van der Waals surface area contributed by atoms with Gasteiger partial charge in [-0.15, -0.1) is 0 Å². The summed E-state index contributed by atoms with van der Waals surface area (Å²) in [5.74, 6) is -0.739. The van der Waals surface area contributed by atoms with Crippen LogP contribution in [0.4, 0.5) is 0 Å². The van der Waals surface area contributed by atoms with Gasteiger partial charge in [0.2, 0.25) is 0 Å². The zero-order valence-corrected chi connectivity index (χ0v) is 12.4. The predicted molar refractivity (Wildman–Crippen MR) is 73.8 cm³/mol. The lowest BCUT2D eigenvalue weighted by Gasteiger charge is -2.37. The Labute approximate surface area is 111 Å². The molecule has 4 nitrogen and oxygen atoms in total. The quantitative estimate of drug-likeness (QED) is 0.698. The molecule has 1 atom stereocenters. The van der Waals surface area contributed by atoms with E-state index in [0.717, 1.165) is 25.8 Å². The van der Waals surface area contributed by atoms with E-state index in [1.54, 1.807) is 6.92 Å². The highest BCUT2D eigenvalue weighted by molar-refractivity contribution is 5.78. The molecule has 0 aromatic heterocycles. The second-order valence-electron chi connectivity index (χ2n) is 6.39. The molecule has 1 fully saturated rings. The van der Waals surface area contributed by atoms with E-state index >= 15 is 0 Å².